The maximum Gasteiger partial charge on any atom is 0.257 e. The fourth-order valence-corrected chi connectivity index (χ4v) is 6.50. The SMILES string of the molecule is COCCN1C2(CCN(C(=O)c3ccccc3OC)C2)c2ccccc2S1(=O)=O. The Morgan fingerprint density at radius 2 is 1.83 bits per heavy atom. The second kappa shape index (κ2) is 7.44. The van der Waals surface area contributed by atoms with Crippen molar-refractivity contribution in [3.05, 3.63) is 59.7 Å². The molecule has 8 heteroatoms. The van der Waals surface area contributed by atoms with Crippen molar-refractivity contribution < 1.29 is 22.7 Å². The number of fused-ring (bicyclic) bond motifs is 2. The third-order valence-electron chi connectivity index (χ3n) is 5.80. The number of carbonyl (C=O) groups is 1. The fourth-order valence-electron chi connectivity index (χ4n) is 4.45. The number of methoxy groups -OCH3 is 2. The first-order chi connectivity index (χ1) is 14.0. The number of carbonyl (C=O) groups excluding carboxylic acids is 1. The van der Waals surface area contributed by atoms with Crippen molar-refractivity contribution >= 4 is 15.9 Å². The minimum absolute atomic E-state index is 0.159. The number of likely N-dealkylation sites (tertiary alicyclic amines) is 1. The molecule has 2 heterocycles. The van der Waals surface area contributed by atoms with Gasteiger partial charge in [0.25, 0.3) is 5.91 Å². The number of benzene rings is 2. The lowest BCUT2D eigenvalue weighted by Crippen LogP contribution is -2.47. The van der Waals surface area contributed by atoms with E-state index < -0.39 is 15.6 Å². The standard InChI is InChI=1S/C21H24N2O5S/c1-27-14-13-23-21(17-8-4-6-10-19(17)29(23,25)26)11-12-22(15-21)20(24)16-7-3-5-9-18(16)28-2/h3-10H,11-15H2,1-2H3. The third-order valence-corrected chi connectivity index (χ3v) is 7.83. The Labute approximate surface area is 170 Å². The van der Waals surface area contributed by atoms with Gasteiger partial charge in [-0.2, -0.15) is 4.31 Å². The maximum absolute atomic E-state index is 13.2. The van der Waals surface area contributed by atoms with Crippen LogP contribution in [-0.2, 0) is 20.3 Å². The molecule has 0 saturated carbocycles. The molecule has 0 aromatic heterocycles. The molecule has 0 aliphatic carbocycles. The van der Waals surface area contributed by atoms with Gasteiger partial charge in [0.05, 0.1) is 29.7 Å². The van der Waals surface area contributed by atoms with Crippen molar-refractivity contribution in [2.45, 2.75) is 16.9 Å². The second-order valence-electron chi connectivity index (χ2n) is 7.27. The molecule has 1 spiro atoms. The van der Waals surface area contributed by atoms with Gasteiger partial charge in [-0.3, -0.25) is 4.79 Å². The van der Waals surface area contributed by atoms with Crippen LogP contribution in [0, 0.1) is 0 Å². The summed E-state index contributed by atoms with van der Waals surface area (Å²) >= 11 is 0. The Morgan fingerprint density at radius 1 is 1.10 bits per heavy atom. The fraction of sp³-hybridized carbons (Fsp3) is 0.381. The third kappa shape index (κ3) is 3.02. The molecule has 1 unspecified atom stereocenters. The molecule has 2 aliphatic heterocycles. The van der Waals surface area contributed by atoms with E-state index in [0.29, 0.717) is 35.7 Å². The molecule has 2 aliphatic rings. The number of hydrogen-bond acceptors (Lipinski definition) is 5. The Kier molecular flexibility index (Phi) is 5.10. The zero-order chi connectivity index (χ0) is 20.6. The van der Waals surface area contributed by atoms with Crippen LogP contribution in [0.1, 0.15) is 22.3 Å². The van der Waals surface area contributed by atoms with E-state index >= 15 is 0 Å². The van der Waals surface area contributed by atoms with Crippen molar-refractivity contribution in [3.8, 4) is 5.75 Å². The zero-order valence-corrected chi connectivity index (χ0v) is 17.3. The Hall–Kier alpha value is -2.42. The molecule has 0 radical (unpaired) electrons. The van der Waals surface area contributed by atoms with Gasteiger partial charge in [-0.25, -0.2) is 8.42 Å². The first-order valence-electron chi connectivity index (χ1n) is 9.49. The van der Waals surface area contributed by atoms with Crippen LogP contribution < -0.4 is 4.74 Å². The lowest BCUT2D eigenvalue weighted by Gasteiger charge is -2.34. The van der Waals surface area contributed by atoms with E-state index in [0.717, 1.165) is 5.56 Å². The number of ether oxygens (including phenoxy) is 2. The average Bonchev–Trinajstić information content (AvgIpc) is 3.26. The average molecular weight is 416 g/mol. The molecular weight excluding hydrogens is 392 g/mol. The van der Waals surface area contributed by atoms with Crippen molar-refractivity contribution in [2.75, 3.05) is 40.5 Å². The maximum atomic E-state index is 13.2. The summed E-state index contributed by atoms with van der Waals surface area (Å²) in [6.45, 7) is 1.29. The van der Waals surface area contributed by atoms with Gasteiger partial charge in [0.1, 0.15) is 5.75 Å². The Bertz CT molecular complexity index is 1040. The van der Waals surface area contributed by atoms with Crippen molar-refractivity contribution in [1.82, 2.24) is 9.21 Å². The normalized spacial score (nSPS) is 22.8. The smallest absolute Gasteiger partial charge is 0.257 e. The van der Waals surface area contributed by atoms with E-state index in [9.17, 15) is 13.2 Å². The minimum atomic E-state index is -3.65. The van der Waals surface area contributed by atoms with Gasteiger partial charge in [0, 0.05) is 26.7 Å². The number of hydrogen-bond donors (Lipinski definition) is 0. The summed E-state index contributed by atoms with van der Waals surface area (Å²) in [6.07, 6.45) is 0.536. The summed E-state index contributed by atoms with van der Waals surface area (Å²) in [7, 11) is -0.564. The summed E-state index contributed by atoms with van der Waals surface area (Å²) in [5, 5.41) is 0. The van der Waals surface area contributed by atoms with Crippen molar-refractivity contribution in [3.63, 3.8) is 0 Å². The van der Waals surface area contributed by atoms with E-state index in [1.54, 1.807) is 42.3 Å². The van der Waals surface area contributed by atoms with Gasteiger partial charge < -0.3 is 14.4 Å². The summed E-state index contributed by atoms with van der Waals surface area (Å²) < 4.78 is 38.5. The quantitative estimate of drug-likeness (QED) is 0.746. The highest BCUT2D eigenvalue weighted by Gasteiger charge is 2.57. The van der Waals surface area contributed by atoms with Crippen molar-refractivity contribution in [2.24, 2.45) is 0 Å². The van der Waals surface area contributed by atoms with E-state index in [1.165, 1.54) is 11.4 Å². The minimum Gasteiger partial charge on any atom is -0.496 e. The molecule has 154 valence electrons. The topological polar surface area (TPSA) is 76.2 Å². The lowest BCUT2D eigenvalue weighted by molar-refractivity contribution is 0.0751. The van der Waals surface area contributed by atoms with Crippen LogP contribution in [0.5, 0.6) is 5.75 Å². The highest BCUT2D eigenvalue weighted by Crippen LogP contribution is 2.49. The number of para-hydroxylation sites is 1. The molecule has 1 amide bonds. The highest BCUT2D eigenvalue weighted by molar-refractivity contribution is 7.89. The van der Waals surface area contributed by atoms with Gasteiger partial charge in [-0.05, 0) is 30.2 Å². The molecule has 1 atom stereocenters. The second-order valence-corrected chi connectivity index (χ2v) is 9.11. The predicted molar refractivity (Wildman–Crippen MR) is 107 cm³/mol. The van der Waals surface area contributed by atoms with E-state index in [2.05, 4.69) is 0 Å². The first kappa shape index (κ1) is 19.9. The molecular formula is C21H24N2O5S. The molecule has 0 N–H and O–H groups in total. The number of sulfonamides is 1. The zero-order valence-electron chi connectivity index (χ0n) is 16.5. The van der Waals surface area contributed by atoms with Crippen LogP contribution >= 0.6 is 0 Å². The molecule has 1 fully saturated rings. The number of nitrogens with zero attached hydrogens (tertiary/aromatic N) is 2. The van der Waals surface area contributed by atoms with Gasteiger partial charge in [0.15, 0.2) is 0 Å². The van der Waals surface area contributed by atoms with Crippen molar-refractivity contribution in [1.29, 1.82) is 0 Å². The molecule has 0 bridgehead atoms. The molecule has 2 aromatic rings. The van der Waals surface area contributed by atoms with Crippen LogP contribution in [0.3, 0.4) is 0 Å². The van der Waals surface area contributed by atoms with Gasteiger partial charge >= 0.3 is 0 Å². The summed E-state index contributed by atoms with van der Waals surface area (Å²) in [6, 6.07) is 14.2. The largest absolute Gasteiger partial charge is 0.496 e. The molecule has 29 heavy (non-hydrogen) atoms. The summed E-state index contributed by atoms with van der Waals surface area (Å²) in [4.78, 5) is 15.3. The molecule has 2 aromatic carbocycles. The van der Waals surface area contributed by atoms with Gasteiger partial charge in [-0.15, -0.1) is 0 Å². The lowest BCUT2D eigenvalue weighted by atomic mass is 9.89. The molecule has 4 rings (SSSR count). The number of amides is 1. The van der Waals surface area contributed by atoms with E-state index in [1.807, 2.05) is 18.2 Å². The number of rotatable bonds is 5. The molecule has 1 saturated heterocycles. The van der Waals surface area contributed by atoms with Crippen LogP contribution in [0.4, 0.5) is 0 Å². The summed E-state index contributed by atoms with van der Waals surface area (Å²) in [5.41, 5.74) is 0.460. The molecule has 7 nitrogen and oxygen atoms in total. The van der Waals surface area contributed by atoms with Crippen LogP contribution in [0.2, 0.25) is 0 Å². The van der Waals surface area contributed by atoms with Crippen LogP contribution in [-0.4, -0.2) is 64.0 Å². The Morgan fingerprint density at radius 3 is 2.59 bits per heavy atom. The Balaban J connectivity index is 1.73. The predicted octanol–water partition coefficient (Wildman–Crippen LogP) is 2.09. The van der Waals surface area contributed by atoms with Crippen LogP contribution in [0.25, 0.3) is 0 Å². The monoisotopic (exact) mass is 416 g/mol. The first-order valence-corrected chi connectivity index (χ1v) is 10.9. The van der Waals surface area contributed by atoms with E-state index in [4.69, 9.17) is 9.47 Å². The van der Waals surface area contributed by atoms with E-state index in [-0.39, 0.29) is 19.1 Å². The van der Waals surface area contributed by atoms with Crippen LogP contribution in [0.15, 0.2) is 53.4 Å². The summed E-state index contributed by atoms with van der Waals surface area (Å²) in [5.74, 6) is 0.349. The highest BCUT2D eigenvalue weighted by atomic mass is 32.2. The van der Waals surface area contributed by atoms with Gasteiger partial charge in [-0.1, -0.05) is 30.3 Å². The van der Waals surface area contributed by atoms with Gasteiger partial charge in [0.2, 0.25) is 10.0 Å².